The minimum Gasteiger partial charge on any atom is -0.338 e. The average Bonchev–Trinajstić information content (AvgIpc) is 3.04. The largest absolute Gasteiger partial charge is 0.338 e. The predicted molar refractivity (Wildman–Crippen MR) is 99.1 cm³/mol. The number of amides is 3. The molecule has 1 unspecified atom stereocenters. The molecule has 3 atom stereocenters. The lowest BCUT2D eigenvalue weighted by Crippen LogP contribution is -2.49. The van der Waals surface area contributed by atoms with Crippen molar-refractivity contribution in [1.29, 1.82) is 0 Å². The zero-order chi connectivity index (χ0) is 18.4. The molecule has 0 aliphatic carbocycles. The second-order valence-electron chi connectivity index (χ2n) is 7.24. The standard InChI is InChI=1S/C19H30N4O2/c1-13(2)10-21-19(25)22-18(24)14(3)23-11-16(9-20)17(12-23)15-7-5-4-6-8-15/h4-8,13-14,16-17H,9-12,20H2,1-3H3,(H2,21,22,24,25)/t14?,16-,17+/m1/s1. The topological polar surface area (TPSA) is 87.5 Å². The number of urea groups is 1. The fourth-order valence-electron chi connectivity index (χ4n) is 3.26. The molecule has 6 heteroatoms. The molecule has 3 amide bonds. The monoisotopic (exact) mass is 346 g/mol. The first-order valence-corrected chi connectivity index (χ1v) is 9.00. The van der Waals surface area contributed by atoms with Crippen molar-refractivity contribution in [2.24, 2.45) is 17.6 Å². The average molecular weight is 346 g/mol. The van der Waals surface area contributed by atoms with Crippen molar-refractivity contribution in [1.82, 2.24) is 15.5 Å². The van der Waals surface area contributed by atoms with Crippen LogP contribution in [0.2, 0.25) is 0 Å². The first kappa shape index (κ1) is 19.4. The van der Waals surface area contributed by atoms with E-state index in [1.165, 1.54) is 5.56 Å². The molecule has 4 N–H and O–H groups in total. The van der Waals surface area contributed by atoms with Crippen molar-refractivity contribution < 1.29 is 9.59 Å². The van der Waals surface area contributed by atoms with Crippen LogP contribution in [0.3, 0.4) is 0 Å². The summed E-state index contributed by atoms with van der Waals surface area (Å²) in [7, 11) is 0. The lowest BCUT2D eigenvalue weighted by atomic mass is 9.89. The molecule has 0 aromatic heterocycles. The summed E-state index contributed by atoms with van der Waals surface area (Å²) in [4.78, 5) is 26.3. The smallest absolute Gasteiger partial charge is 0.321 e. The molecule has 1 heterocycles. The van der Waals surface area contributed by atoms with Gasteiger partial charge >= 0.3 is 6.03 Å². The van der Waals surface area contributed by atoms with Crippen molar-refractivity contribution in [3.63, 3.8) is 0 Å². The van der Waals surface area contributed by atoms with Gasteiger partial charge in [0, 0.05) is 25.6 Å². The highest BCUT2D eigenvalue weighted by Crippen LogP contribution is 2.32. The molecule has 1 aliphatic heterocycles. The Bertz CT molecular complexity index is 576. The van der Waals surface area contributed by atoms with E-state index >= 15 is 0 Å². The van der Waals surface area contributed by atoms with Gasteiger partial charge in [0.1, 0.15) is 0 Å². The summed E-state index contributed by atoms with van der Waals surface area (Å²) in [5, 5.41) is 5.14. The Morgan fingerprint density at radius 1 is 1.20 bits per heavy atom. The van der Waals surface area contributed by atoms with E-state index in [9.17, 15) is 9.59 Å². The van der Waals surface area contributed by atoms with Gasteiger partial charge in [-0.2, -0.15) is 0 Å². The fourth-order valence-corrected chi connectivity index (χ4v) is 3.26. The number of hydrogen-bond acceptors (Lipinski definition) is 4. The maximum absolute atomic E-state index is 12.4. The van der Waals surface area contributed by atoms with Crippen molar-refractivity contribution in [3.8, 4) is 0 Å². The molecule has 0 spiro atoms. The summed E-state index contributed by atoms with van der Waals surface area (Å²) in [6.45, 7) is 8.51. The van der Waals surface area contributed by atoms with Crippen LogP contribution in [0, 0.1) is 11.8 Å². The molecule has 2 rings (SSSR count). The maximum Gasteiger partial charge on any atom is 0.321 e. The number of rotatable bonds is 6. The van der Waals surface area contributed by atoms with Crippen molar-refractivity contribution >= 4 is 11.9 Å². The molecule has 0 bridgehead atoms. The van der Waals surface area contributed by atoms with Crippen LogP contribution in [-0.2, 0) is 4.79 Å². The molecule has 1 aliphatic rings. The molecular formula is C19H30N4O2. The van der Waals surface area contributed by atoms with Crippen LogP contribution in [0.5, 0.6) is 0 Å². The van der Waals surface area contributed by atoms with E-state index in [1.54, 1.807) is 0 Å². The van der Waals surface area contributed by atoms with Crippen LogP contribution in [0.1, 0.15) is 32.3 Å². The highest BCUT2D eigenvalue weighted by Gasteiger charge is 2.37. The van der Waals surface area contributed by atoms with Crippen LogP contribution in [-0.4, -0.2) is 49.1 Å². The molecule has 1 aromatic rings. The molecule has 138 valence electrons. The van der Waals surface area contributed by atoms with Crippen molar-refractivity contribution in [2.75, 3.05) is 26.2 Å². The molecule has 0 saturated carbocycles. The van der Waals surface area contributed by atoms with Crippen molar-refractivity contribution in [2.45, 2.75) is 32.7 Å². The van der Waals surface area contributed by atoms with Gasteiger partial charge in [0.15, 0.2) is 0 Å². The summed E-state index contributed by atoms with van der Waals surface area (Å²) in [6, 6.07) is 9.48. The van der Waals surface area contributed by atoms with Gasteiger partial charge in [-0.25, -0.2) is 4.79 Å². The third-order valence-corrected chi connectivity index (χ3v) is 4.83. The number of benzene rings is 1. The van der Waals surface area contributed by atoms with E-state index in [1.807, 2.05) is 39.0 Å². The Morgan fingerprint density at radius 2 is 1.88 bits per heavy atom. The highest BCUT2D eigenvalue weighted by molar-refractivity contribution is 5.96. The van der Waals surface area contributed by atoms with E-state index in [-0.39, 0.29) is 11.9 Å². The van der Waals surface area contributed by atoms with E-state index < -0.39 is 6.03 Å². The second kappa shape index (κ2) is 8.97. The number of nitrogens with one attached hydrogen (secondary N) is 2. The summed E-state index contributed by atoms with van der Waals surface area (Å²) in [5.74, 6) is 0.697. The van der Waals surface area contributed by atoms with E-state index in [4.69, 9.17) is 5.73 Å². The first-order chi connectivity index (χ1) is 11.9. The minimum absolute atomic E-state index is 0.272. The molecule has 25 heavy (non-hydrogen) atoms. The number of carbonyl (C=O) groups excluding carboxylic acids is 2. The Morgan fingerprint density at radius 3 is 2.48 bits per heavy atom. The fraction of sp³-hybridized carbons (Fsp3) is 0.579. The number of nitrogens with two attached hydrogens (primary N) is 1. The van der Waals surface area contributed by atoms with Crippen LogP contribution in [0.4, 0.5) is 4.79 Å². The van der Waals surface area contributed by atoms with Crippen LogP contribution >= 0.6 is 0 Å². The molecule has 0 radical (unpaired) electrons. The molecule has 1 saturated heterocycles. The summed E-state index contributed by atoms with van der Waals surface area (Å²) < 4.78 is 0. The normalized spacial score (nSPS) is 22.0. The lowest BCUT2D eigenvalue weighted by Gasteiger charge is -2.23. The quantitative estimate of drug-likeness (QED) is 0.729. The van der Waals surface area contributed by atoms with Crippen LogP contribution in [0.25, 0.3) is 0 Å². The predicted octanol–water partition coefficient (Wildman–Crippen LogP) is 1.53. The highest BCUT2D eigenvalue weighted by atomic mass is 16.2. The first-order valence-electron chi connectivity index (χ1n) is 9.00. The number of carbonyl (C=O) groups is 2. The van der Waals surface area contributed by atoms with E-state index in [2.05, 4.69) is 27.7 Å². The number of likely N-dealkylation sites (tertiary alicyclic amines) is 1. The van der Waals surface area contributed by atoms with Crippen molar-refractivity contribution in [3.05, 3.63) is 35.9 Å². The Labute approximate surface area is 150 Å². The number of hydrogen-bond donors (Lipinski definition) is 3. The number of nitrogens with zero attached hydrogens (tertiary/aromatic N) is 1. The zero-order valence-corrected chi connectivity index (χ0v) is 15.4. The third kappa shape index (κ3) is 5.28. The van der Waals surface area contributed by atoms with E-state index in [0.717, 1.165) is 13.1 Å². The van der Waals surface area contributed by atoms with Gasteiger partial charge in [0.05, 0.1) is 6.04 Å². The molecular weight excluding hydrogens is 316 g/mol. The molecule has 1 aromatic carbocycles. The molecule has 6 nitrogen and oxygen atoms in total. The molecule has 1 fully saturated rings. The van der Waals surface area contributed by atoms with Gasteiger partial charge in [0.2, 0.25) is 5.91 Å². The maximum atomic E-state index is 12.4. The Balaban J connectivity index is 1.94. The lowest BCUT2D eigenvalue weighted by molar-refractivity contribution is -0.124. The van der Waals surface area contributed by atoms with Crippen LogP contribution < -0.4 is 16.4 Å². The summed E-state index contributed by atoms with van der Waals surface area (Å²) in [5.41, 5.74) is 7.21. The van der Waals surface area contributed by atoms with Gasteiger partial charge in [0.25, 0.3) is 0 Å². The minimum atomic E-state index is -0.431. The zero-order valence-electron chi connectivity index (χ0n) is 15.4. The Kier molecular flexibility index (Phi) is 6.96. The number of imide groups is 1. The summed E-state index contributed by atoms with van der Waals surface area (Å²) in [6.07, 6.45) is 0. The second-order valence-corrected chi connectivity index (χ2v) is 7.24. The third-order valence-electron chi connectivity index (χ3n) is 4.83. The van der Waals surface area contributed by atoms with Gasteiger partial charge in [-0.05, 0) is 30.9 Å². The van der Waals surface area contributed by atoms with Gasteiger partial charge in [-0.15, -0.1) is 0 Å². The van der Waals surface area contributed by atoms with Gasteiger partial charge < -0.3 is 11.1 Å². The van der Waals surface area contributed by atoms with Gasteiger partial charge in [-0.1, -0.05) is 44.2 Å². The van der Waals surface area contributed by atoms with E-state index in [0.29, 0.717) is 30.8 Å². The SMILES string of the molecule is CC(C)CNC(=O)NC(=O)C(C)N1C[C@@H](CN)[C@H](c2ccccc2)C1. The van der Waals surface area contributed by atoms with Gasteiger partial charge in [-0.3, -0.25) is 15.0 Å². The Hall–Kier alpha value is -1.92. The summed E-state index contributed by atoms with van der Waals surface area (Å²) >= 11 is 0. The van der Waals surface area contributed by atoms with Crippen LogP contribution in [0.15, 0.2) is 30.3 Å².